The van der Waals surface area contributed by atoms with Crippen LogP contribution < -0.4 is 5.32 Å². The van der Waals surface area contributed by atoms with Crippen molar-refractivity contribution < 1.29 is 4.74 Å². The van der Waals surface area contributed by atoms with Crippen LogP contribution in [0.4, 0.5) is 0 Å². The minimum Gasteiger partial charge on any atom is -0.463 e. The standard InChI is InChI=1S/C15H16N2O/c1-11(17-15-16-9-10-18-15)13-8-4-6-12-5-2-3-7-14(12)13/h2-8,11H,9-10H2,1H3,(H,16,17)/t11-/m0/s1. The molecule has 18 heavy (non-hydrogen) atoms. The molecule has 0 amide bonds. The molecule has 1 heterocycles. The second kappa shape index (κ2) is 4.69. The van der Waals surface area contributed by atoms with Crippen molar-refractivity contribution in [1.82, 2.24) is 5.32 Å². The molecule has 3 heteroatoms. The Morgan fingerprint density at radius 2 is 2.00 bits per heavy atom. The van der Waals surface area contributed by atoms with Crippen LogP contribution >= 0.6 is 0 Å². The molecule has 0 saturated heterocycles. The fourth-order valence-electron chi connectivity index (χ4n) is 2.31. The molecule has 2 aromatic rings. The SMILES string of the molecule is C[C@H](NC1=NCCO1)c1cccc2ccccc12. The molecule has 1 aliphatic rings. The van der Waals surface area contributed by atoms with E-state index in [0.717, 1.165) is 6.54 Å². The Labute approximate surface area is 106 Å². The summed E-state index contributed by atoms with van der Waals surface area (Å²) in [5.41, 5.74) is 1.27. The first-order valence-electron chi connectivity index (χ1n) is 6.26. The first kappa shape index (κ1) is 11.1. The molecule has 1 N–H and O–H groups in total. The summed E-state index contributed by atoms with van der Waals surface area (Å²) in [7, 11) is 0. The van der Waals surface area contributed by atoms with Gasteiger partial charge in [-0.1, -0.05) is 42.5 Å². The fraction of sp³-hybridized carbons (Fsp3) is 0.267. The van der Waals surface area contributed by atoms with Gasteiger partial charge in [0, 0.05) is 0 Å². The molecule has 1 atom stereocenters. The minimum atomic E-state index is 0.188. The number of ether oxygens (including phenoxy) is 1. The maximum atomic E-state index is 5.40. The molecule has 1 aliphatic heterocycles. The fourth-order valence-corrected chi connectivity index (χ4v) is 2.31. The molecule has 3 nitrogen and oxygen atoms in total. The summed E-state index contributed by atoms with van der Waals surface area (Å²) in [5.74, 6) is 0. The number of nitrogens with one attached hydrogen (secondary N) is 1. The number of hydrogen-bond acceptors (Lipinski definition) is 3. The van der Waals surface area contributed by atoms with Crippen molar-refractivity contribution in [2.45, 2.75) is 13.0 Å². The second-order valence-corrected chi connectivity index (χ2v) is 4.47. The van der Waals surface area contributed by atoms with Gasteiger partial charge >= 0.3 is 0 Å². The molecule has 0 radical (unpaired) electrons. The molecule has 0 aromatic heterocycles. The summed E-state index contributed by atoms with van der Waals surface area (Å²) < 4.78 is 5.40. The smallest absolute Gasteiger partial charge is 0.285 e. The van der Waals surface area contributed by atoms with Gasteiger partial charge < -0.3 is 10.1 Å². The molecule has 92 valence electrons. The van der Waals surface area contributed by atoms with Crippen LogP contribution in [-0.4, -0.2) is 19.2 Å². The van der Waals surface area contributed by atoms with Crippen molar-refractivity contribution in [1.29, 1.82) is 0 Å². The van der Waals surface area contributed by atoms with Gasteiger partial charge in [-0.25, -0.2) is 4.99 Å². The molecule has 0 unspecified atom stereocenters. The van der Waals surface area contributed by atoms with E-state index in [1.165, 1.54) is 16.3 Å². The molecule has 0 fully saturated rings. The quantitative estimate of drug-likeness (QED) is 0.875. The average molecular weight is 240 g/mol. The summed E-state index contributed by atoms with van der Waals surface area (Å²) in [6.45, 7) is 3.57. The van der Waals surface area contributed by atoms with Gasteiger partial charge in [0.2, 0.25) is 0 Å². The molecular formula is C15H16N2O. The van der Waals surface area contributed by atoms with E-state index in [2.05, 4.69) is 59.7 Å². The molecule has 0 aliphatic carbocycles. The van der Waals surface area contributed by atoms with Gasteiger partial charge in [0.1, 0.15) is 6.61 Å². The average Bonchev–Trinajstić information content (AvgIpc) is 2.91. The first-order valence-corrected chi connectivity index (χ1v) is 6.26. The molecular weight excluding hydrogens is 224 g/mol. The highest BCUT2D eigenvalue weighted by molar-refractivity contribution is 5.86. The number of nitrogens with zero attached hydrogens (tertiary/aromatic N) is 1. The minimum absolute atomic E-state index is 0.188. The lowest BCUT2D eigenvalue weighted by Crippen LogP contribution is -2.26. The van der Waals surface area contributed by atoms with Crippen molar-refractivity contribution >= 4 is 16.8 Å². The predicted octanol–water partition coefficient (Wildman–Crippen LogP) is 2.88. The summed E-state index contributed by atoms with van der Waals surface area (Å²) in [6.07, 6.45) is 0. The number of rotatable bonds is 2. The van der Waals surface area contributed by atoms with Gasteiger partial charge in [-0.15, -0.1) is 0 Å². The molecule has 0 spiro atoms. The van der Waals surface area contributed by atoms with Crippen LogP contribution in [0.3, 0.4) is 0 Å². The van der Waals surface area contributed by atoms with Gasteiger partial charge in [-0.2, -0.15) is 0 Å². The Morgan fingerprint density at radius 1 is 1.17 bits per heavy atom. The van der Waals surface area contributed by atoms with E-state index in [4.69, 9.17) is 4.74 Å². The number of hydrogen-bond donors (Lipinski definition) is 1. The number of amidine groups is 1. The monoisotopic (exact) mass is 240 g/mol. The molecule has 0 saturated carbocycles. The van der Waals surface area contributed by atoms with Crippen molar-refractivity contribution in [2.75, 3.05) is 13.2 Å². The number of fused-ring (bicyclic) bond motifs is 1. The molecule has 3 rings (SSSR count). The predicted molar refractivity (Wildman–Crippen MR) is 73.8 cm³/mol. The van der Waals surface area contributed by atoms with Gasteiger partial charge in [0.15, 0.2) is 0 Å². The highest BCUT2D eigenvalue weighted by atomic mass is 16.5. The summed E-state index contributed by atoms with van der Waals surface area (Å²) in [5, 5.41) is 5.85. The van der Waals surface area contributed by atoms with E-state index in [-0.39, 0.29) is 6.04 Å². The van der Waals surface area contributed by atoms with Gasteiger partial charge in [-0.05, 0) is 23.3 Å². The topological polar surface area (TPSA) is 33.6 Å². The van der Waals surface area contributed by atoms with E-state index in [1.807, 2.05) is 0 Å². The Bertz CT molecular complexity index is 587. The van der Waals surface area contributed by atoms with Gasteiger partial charge in [0.05, 0.1) is 12.6 Å². The van der Waals surface area contributed by atoms with Gasteiger partial charge in [-0.3, -0.25) is 0 Å². The Kier molecular flexibility index (Phi) is 2.89. The Morgan fingerprint density at radius 3 is 2.83 bits per heavy atom. The number of aliphatic imine (C=N–C) groups is 1. The normalized spacial score (nSPS) is 16.2. The third-order valence-electron chi connectivity index (χ3n) is 3.22. The second-order valence-electron chi connectivity index (χ2n) is 4.47. The molecule has 2 aromatic carbocycles. The largest absolute Gasteiger partial charge is 0.463 e. The first-order chi connectivity index (χ1) is 8.84. The van der Waals surface area contributed by atoms with Crippen LogP contribution in [0.5, 0.6) is 0 Å². The van der Waals surface area contributed by atoms with Crippen LogP contribution in [0.2, 0.25) is 0 Å². The lowest BCUT2D eigenvalue weighted by molar-refractivity contribution is 0.327. The summed E-state index contributed by atoms with van der Waals surface area (Å²) >= 11 is 0. The highest BCUT2D eigenvalue weighted by Crippen LogP contribution is 2.24. The van der Waals surface area contributed by atoms with Crippen molar-refractivity contribution in [3.05, 3.63) is 48.0 Å². The number of benzene rings is 2. The van der Waals surface area contributed by atoms with E-state index in [9.17, 15) is 0 Å². The van der Waals surface area contributed by atoms with Gasteiger partial charge in [0.25, 0.3) is 6.02 Å². The molecule has 0 bridgehead atoms. The van der Waals surface area contributed by atoms with E-state index in [1.54, 1.807) is 0 Å². The van der Waals surface area contributed by atoms with E-state index in [0.29, 0.717) is 12.6 Å². The van der Waals surface area contributed by atoms with Crippen molar-refractivity contribution in [3.63, 3.8) is 0 Å². The van der Waals surface area contributed by atoms with Crippen LogP contribution in [0.25, 0.3) is 10.8 Å². The van der Waals surface area contributed by atoms with Crippen LogP contribution in [0, 0.1) is 0 Å². The van der Waals surface area contributed by atoms with Crippen molar-refractivity contribution in [3.8, 4) is 0 Å². The maximum Gasteiger partial charge on any atom is 0.285 e. The van der Waals surface area contributed by atoms with Crippen molar-refractivity contribution in [2.24, 2.45) is 4.99 Å². The lowest BCUT2D eigenvalue weighted by Gasteiger charge is -2.16. The van der Waals surface area contributed by atoms with Crippen LogP contribution in [0.15, 0.2) is 47.5 Å². The van der Waals surface area contributed by atoms with Crippen LogP contribution in [-0.2, 0) is 4.74 Å². The zero-order valence-electron chi connectivity index (χ0n) is 10.4. The zero-order valence-corrected chi connectivity index (χ0v) is 10.4. The Balaban J connectivity index is 1.93. The highest BCUT2D eigenvalue weighted by Gasteiger charge is 2.13. The van der Waals surface area contributed by atoms with Crippen LogP contribution in [0.1, 0.15) is 18.5 Å². The van der Waals surface area contributed by atoms with E-state index >= 15 is 0 Å². The van der Waals surface area contributed by atoms with E-state index < -0.39 is 0 Å². The third-order valence-corrected chi connectivity index (χ3v) is 3.22. The third kappa shape index (κ3) is 2.04. The maximum absolute atomic E-state index is 5.40. The zero-order chi connectivity index (χ0) is 12.4. The Hall–Kier alpha value is -2.03. The summed E-state index contributed by atoms with van der Waals surface area (Å²) in [4.78, 5) is 4.26. The summed E-state index contributed by atoms with van der Waals surface area (Å²) in [6, 6.07) is 15.6. The lowest BCUT2D eigenvalue weighted by atomic mass is 10.00.